The largest absolute Gasteiger partial charge is 0.368 e. The van der Waals surface area contributed by atoms with Crippen LogP contribution in [0, 0.1) is 0 Å². The van der Waals surface area contributed by atoms with Crippen molar-refractivity contribution in [3.8, 4) is 0 Å². The fraction of sp³-hybridized carbons (Fsp3) is 0.286. The van der Waals surface area contributed by atoms with Gasteiger partial charge in [0, 0.05) is 19.2 Å². The van der Waals surface area contributed by atoms with E-state index in [1.807, 2.05) is 36.2 Å². The van der Waals surface area contributed by atoms with Gasteiger partial charge in [-0.25, -0.2) is 4.98 Å². The van der Waals surface area contributed by atoms with Crippen molar-refractivity contribution in [3.63, 3.8) is 0 Å². The number of carbonyl (C=O) groups excluding carboxylic acids is 1. The SMILES string of the molecule is Cn1c(Cl)cnc1CN1c2ccccc2C[C@H]1C(N)=O. The lowest BCUT2D eigenvalue weighted by Gasteiger charge is -2.25. The molecule has 0 radical (unpaired) electrons. The lowest BCUT2D eigenvalue weighted by atomic mass is 10.1. The number of hydrogen-bond donors (Lipinski definition) is 1. The highest BCUT2D eigenvalue weighted by Crippen LogP contribution is 2.33. The Balaban J connectivity index is 1.96. The molecule has 3 rings (SSSR count). The number of benzene rings is 1. The number of anilines is 1. The molecule has 2 N–H and O–H groups in total. The maximum absolute atomic E-state index is 11.7. The highest BCUT2D eigenvalue weighted by molar-refractivity contribution is 6.29. The maximum Gasteiger partial charge on any atom is 0.240 e. The van der Waals surface area contributed by atoms with Gasteiger partial charge in [-0.05, 0) is 11.6 Å². The van der Waals surface area contributed by atoms with Crippen molar-refractivity contribution < 1.29 is 4.79 Å². The molecule has 1 atom stereocenters. The second kappa shape index (κ2) is 4.83. The number of fused-ring (bicyclic) bond motifs is 1. The summed E-state index contributed by atoms with van der Waals surface area (Å²) in [5, 5.41) is 0.572. The summed E-state index contributed by atoms with van der Waals surface area (Å²) < 4.78 is 1.81. The van der Waals surface area contributed by atoms with Crippen molar-refractivity contribution in [3.05, 3.63) is 47.0 Å². The van der Waals surface area contributed by atoms with Crippen LogP contribution >= 0.6 is 11.6 Å². The fourth-order valence-electron chi connectivity index (χ4n) is 2.62. The number of imidazole rings is 1. The van der Waals surface area contributed by atoms with E-state index < -0.39 is 0 Å². The standard InChI is InChI=1S/C14H15ClN4O/c1-18-12(15)7-17-13(18)8-19-10-5-3-2-4-9(10)6-11(19)14(16)20/h2-5,7,11H,6,8H2,1H3,(H2,16,20)/t11-/m0/s1. The van der Waals surface area contributed by atoms with E-state index in [2.05, 4.69) is 4.98 Å². The van der Waals surface area contributed by atoms with Crippen LogP contribution in [0.25, 0.3) is 0 Å². The molecule has 0 fully saturated rings. The van der Waals surface area contributed by atoms with Crippen LogP contribution in [-0.4, -0.2) is 21.5 Å². The Morgan fingerprint density at radius 2 is 2.25 bits per heavy atom. The van der Waals surface area contributed by atoms with E-state index in [9.17, 15) is 4.79 Å². The van der Waals surface area contributed by atoms with Crippen molar-refractivity contribution in [1.29, 1.82) is 0 Å². The smallest absolute Gasteiger partial charge is 0.240 e. The van der Waals surface area contributed by atoms with Crippen LogP contribution in [0.1, 0.15) is 11.4 Å². The molecule has 5 nitrogen and oxygen atoms in total. The molecular weight excluding hydrogens is 276 g/mol. The second-order valence-electron chi connectivity index (χ2n) is 4.94. The minimum absolute atomic E-state index is 0.318. The molecule has 1 aliphatic rings. The van der Waals surface area contributed by atoms with Crippen LogP contribution in [0.4, 0.5) is 5.69 Å². The topological polar surface area (TPSA) is 64.2 Å². The van der Waals surface area contributed by atoms with Gasteiger partial charge in [0.05, 0.1) is 12.7 Å². The quantitative estimate of drug-likeness (QED) is 0.931. The third kappa shape index (κ3) is 2.04. The molecule has 0 bridgehead atoms. The number of amides is 1. The van der Waals surface area contributed by atoms with Crippen LogP contribution < -0.4 is 10.6 Å². The minimum Gasteiger partial charge on any atom is -0.368 e. The van der Waals surface area contributed by atoms with Gasteiger partial charge in [0.2, 0.25) is 5.91 Å². The number of primary amides is 1. The number of rotatable bonds is 3. The van der Waals surface area contributed by atoms with Gasteiger partial charge in [0.15, 0.2) is 0 Å². The van der Waals surface area contributed by atoms with Crippen LogP contribution in [0.5, 0.6) is 0 Å². The Hall–Kier alpha value is -2.01. The van der Waals surface area contributed by atoms with Crippen molar-refractivity contribution in [2.75, 3.05) is 4.90 Å². The van der Waals surface area contributed by atoms with Gasteiger partial charge in [-0.15, -0.1) is 0 Å². The average molecular weight is 291 g/mol. The molecule has 104 valence electrons. The molecule has 0 saturated heterocycles. The van der Waals surface area contributed by atoms with Crippen molar-refractivity contribution in [2.45, 2.75) is 19.0 Å². The predicted molar refractivity (Wildman–Crippen MR) is 77.5 cm³/mol. The molecule has 0 aliphatic carbocycles. The maximum atomic E-state index is 11.7. The number of hydrogen-bond acceptors (Lipinski definition) is 3. The number of nitrogens with two attached hydrogens (primary N) is 1. The van der Waals surface area contributed by atoms with E-state index in [1.165, 1.54) is 0 Å². The van der Waals surface area contributed by atoms with Crippen LogP contribution in [0.3, 0.4) is 0 Å². The monoisotopic (exact) mass is 290 g/mol. The first-order valence-corrected chi connectivity index (χ1v) is 6.75. The van der Waals surface area contributed by atoms with E-state index in [0.29, 0.717) is 18.1 Å². The molecule has 2 aromatic rings. The summed E-state index contributed by atoms with van der Waals surface area (Å²) in [5.41, 5.74) is 7.70. The summed E-state index contributed by atoms with van der Waals surface area (Å²) >= 11 is 6.00. The molecule has 0 saturated carbocycles. The normalized spacial score (nSPS) is 17.3. The average Bonchev–Trinajstić information content (AvgIpc) is 2.95. The van der Waals surface area contributed by atoms with Crippen LogP contribution in [0.2, 0.25) is 5.15 Å². The van der Waals surface area contributed by atoms with Crippen molar-refractivity contribution >= 4 is 23.2 Å². The van der Waals surface area contributed by atoms with Gasteiger partial charge >= 0.3 is 0 Å². The molecular formula is C14H15ClN4O. The molecule has 1 amide bonds. The number of nitrogens with zero attached hydrogens (tertiary/aromatic N) is 3. The first kappa shape index (κ1) is 13.0. The molecule has 2 heterocycles. The molecule has 6 heteroatoms. The van der Waals surface area contributed by atoms with Gasteiger partial charge in [-0.3, -0.25) is 4.79 Å². The van der Waals surface area contributed by atoms with Gasteiger partial charge in [-0.1, -0.05) is 29.8 Å². The summed E-state index contributed by atoms with van der Waals surface area (Å²) in [6.07, 6.45) is 2.25. The van der Waals surface area contributed by atoms with Gasteiger partial charge < -0.3 is 15.2 Å². The second-order valence-corrected chi connectivity index (χ2v) is 5.32. The number of halogens is 1. The summed E-state index contributed by atoms with van der Waals surface area (Å²) in [7, 11) is 1.85. The van der Waals surface area contributed by atoms with Crippen LogP contribution in [-0.2, 0) is 24.8 Å². The highest BCUT2D eigenvalue weighted by Gasteiger charge is 2.33. The Labute approximate surface area is 122 Å². The molecule has 1 aliphatic heterocycles. The first-order valence-electron chi connectivity index (χ1n) is 6.38. The zero-order chi connectivity index (χ0) is 14.3. The van der Waals surface area contributed by atoms with Gasteiger partial charge in [0.25, 0.3) is 0 Å². The minimum atomic E-state index is -0.331. The molecule has 20 heavy (non-hydrogen) atoms. The molecule has 0 spiro atoms. The summed E-state index contributed by atoms with van der Waals surface area (Å²) in [6, 6.07) is 7.63. The number of carbonyl (C=O) groups is 1. The summed E-state index contributed by atoms with van der Waals surface area (Å²) in [4.78, 5) is 18.0. The van der Waals surface area contributed by atoms with E-state index in [0.717, 1.165) is 17.1 Å². The van der Waals surface area contributed by atoms with E-state index in [1.54, 1.807) is 10.8 Å². The zero-order valence-corrected chi connectivity index (χ0v) is 11.8. The van der Waals surface area contributed by atoms with E-state index in [-0.39, 0.29) is 11.9 Å². The fourth-order valence-corrected chi connectivity index (χ4v) is 2.77. The van der Waals surface area contributed by atoms with Crippen LogP contribution in [0.15, 0.2) is 30.5 Å². The van der Waals surface area contributed by atoms with Crippen molar-refractivity contribution in [1.82, 2.24) is 9.55 Å². The van der Waals surface area contributed by atoms with Gasteiger partial charge in [0.1, 0.15) is 17.0 Å². The third-order valence-electron chi connectivity index (χ3n) is 3.76. The number of para-hydroxylation sites is 1. The Bertz CT molecular complexity index is 667. The molecule has 0 unspecified atom stereocenters. The number of aromatic nitrogens is 2. The zero-order valence-electron chi connectivity index (χ0n) is 11.1. The lowest BCUT2D eigenvalue weighted by molar-refractivity contribution is -0.119. The Kier molecular flexibility index (Phi) is 3.14. The Morgan fingerprint density at radius 3 is 2.90 bits per heavy atom. The van der Waals surface area contributed by atoms with Gasteiger partial charge in [-0.2, -0.15) is 0 Å². The van der Waals surface area contributed by atoms with E-state index >= 15 is 0 Å². The molecule has 1 aromatic carbocycles. The van der Waals surface area contributed by atoms with Crippen molar-refractivity contribution in [2.24, 2.45) is 12.8 Å². The Morgan fingerprint density at radius 1 is 1.50 bits per heavy atom. The van der Waals surface area contributed by atoms with E-state index in [4.69, 9.17) is 17.3 Å². The lowest BCUT2D eigenvalue weighted by Crippen LogP contribution is -2.42. The first-order chi connectivity index (χ1) is 9.58. The molecule has 1 aromatic heterocycles. The highest BCUT2D eigenvalue weighted by atomic mass is 35.5. The predicted octanol–water partition coefficient (Wildman–Crippen LogP) is 1.49. The summed E-state index contributed by atoms with van der Waals surface area (Å²) in [6.45, 7) is 0.508. The third-order valence-corrected chi connectivity index (χ3v) is 4.11. The summed E-state index contributed by atoms with van der Waals surface area (Å²) in [5.74, 6) is 0.486.